The van der Waals surface area contributed by atoms with Crippen LogP contribution in [0.25, 0.3) is 0 Å². The molecule has 1 aromatic carbocycles. The highest BCUT2D eigenvalue weighted by atomic mass is 16.5. The van der Waals surface area contributed by atoms with Crippen molar-refractivity contribution in [3.8, 4) is 5.75 Å². The van der Waals surface area contributed by atoms with E-state index in [0.717, 1.165) is 43.4 Å². The lowest BCUT2D eigenvalue weighted by atomic mass is 9.91. The molecule has 1 saturated heterocycles. The van der Waals surface area contributed by atoms with Gasteiger partial charge in [-0.25, -0.2) is 0 Å². The average molecular weight is 347 g/mol. The van der Waals surface area contributed by atoms with Gasteiger partial charge in [-0.15, -0.1) is 0 Å². The predicted octanol–water partition coefficient (Wildman–Crippen LogP) is 2.47. The fourth-order valence-electron chi connectivity index (χ4n) is 4.01. The van der Waals surface area contributed by atoms with Gasteiger partial charge in [0.05, 0.1) is 38.4 Å². The summed E-state index contributed by atoms with van der Waals surface area (Å²) in [6.07, 6.45) is 4.88. The van der Waals surface area contributed by atoms with Crippen molar-refractivity contribution < 1.29 is 19.4 Å². The number of aliphatic hydroxyl groups is 1. The van der Waals surface area contributed by atoms with Crippen LogP contribution < -0.4 is 4.74 Å². The van der Waals surface area contributed by atoms with Crippen molar-refractivity contribution >= 4 is 5.91 Å². The first-order valence-electron chi connectivity index (χ1n) is 9.31. The quantitative estimate of drug-likeness (QED) is 0.859. The standard InChI is InChI=1S/C20H29NO4/c1-14-7-8-15(11-19(14)24-2)9-10-25-18-6-4-3-5-17(18)21-13-16(22)12-20(21)23/h7-8,11,16-18,22H,3-6,9-10,12-13H2,1-2H3/t16-,17-,18-/m1/s1. The maximum Gasteiger partial charge on any atom is 0.225 e. The van der Waals surface area contributed by atoms with Crippen LogP contribution in [0, 0.1) is 6.92 Å². The van der Waals surface area contributed by atoms with E-state index in [1.807, 2.05) is 11.8 Å². The van der Waals surface area contributed by atoms with Gasteiger partial charge in [0.15, 0.2) is 0 Å². The Morgan fingerprint density at radius 1 is 1.28 bits per heavy atom. The molecule has 5 nitrogen and oxygen atoms in total. The molecule has 138 valence electrons. The van der Waals surface area contributed by atoms with E-state index in [-0.39, 0.29) is 24.5 Å². The molecule has 0 bridgehead atoms. The lowest BCUT2D eigenvalue weighted by molar-refractivity contribution is -0.134. The summed E-state index contributed by atoms with van der Waals surface area (Å²) in [5, 5.41) is 9.77. The highest BCUT2D eigenvalue weighted by molar-refractivity contribution is 5.79. The Morgan fingerprint density at radius 3 is 2.80 bits per heavy atom. The molecular weight excluding hydrogens is 318 g/mol. The average Bonchev–Trinajstić information content (AvgIpc) is 2.95. The minimum absolute atomic E-state index is 0.0660. The lowest BCUT2D eigenvalue weighted by Gasteiger charge is -2.37. The van der Waals surface area contributed by atoms with E-state index in [0.29, 0.717) is 13.2 Å². The molecule has 0 spiro atoms. The van der Waals surface area contributed by atoms with Crippen molar-refractivity contribution in [3.05, 3.63) is 29.3 Å². The van der Waals surface area contributed by atoms with E-state index in [1.54, 1.807) is 7.11 Å². The van der Waals surface area contributed by atoms with Gasteiger partial charge in [0.2, 0.25) is 5.91 Å². The molecule has 2 aliphatic rings. The fraction of sp³-hybridized carbons (Fsp3) is 0.650. The molecule has 5 heteroatoms. The van der Waals surface area contributed by atoms with Crippen molar-refractivity contribution in [2.75, 3.05) is 20.3 Å². The van der Waals surface area contributed by atoms with E-state index in [9.17, 15) is 9.90 Å². The summed E-state index contributed by atoms with van der Waals surface area (Å²) in [4.78, 5) is 14.0. The van der Waals surface area contributed by atoms with Crippen LogP contribution >= 0.6 is 0 Å². The van der Waals surface area contributed by atoms with Gasteiger partial charge in [0.1, 0.15) is 5.75 Å². The number of β-amino-alcohol motifs (C(OH)–C–C–N with tert-alkyl or cyclic N) is 1. The predicted molar refractivity (Wildman–Crippen MR) is 95.8 cm³/mol. The molecule has 0 aromatic heterocycles. The molecule has 1 aromatic rings. The Hall–Kier alpha value is -1.59. The van der Waals surface area contributed by atoms with Gasteiger partial charge in [0.25, 0.3) is 0 Å². The molecule has 1 aliphatic carbocycles. The summed E-state index contributed by atoms with van der Waals surface area (Å²) >= 11 is 0. The van der Waals surface area contributed by atoms with Gasteiger partial charge in [-0.2, -0.15) is 0 Å². The first-order valence-corrected chi connectivity index (χ1v) is 9.31. The lowest BCUT2D eigenvalue weighted by Crippen LogP contribution is -2.47. The van der Waals surface area contributed by atoms with E-state index in [2.05, 4.69) is 18.2 Å². The molecule has 1 N–H and O–H groups in total. The van der Waals surface area contributed by atoms with Crippen molar-refractivity contribution in [2.45, 2.75) is 63.7 Å². The molecule has 2 fully saturated rings. The molecule has 0 unspecified atom stereocenters. The van der Waals surface area contributed by atoms with Gasteiger partial charge in [-0.1, -0.05) is 25.0 Å². The van der Waals surface area contributed by atoms with E-state index in [1.165, 1.54) is 5.56 Å². The minimum atomic E-state index is -0.518. The number of methoxy groups -OCH3 is 1. The van der Waals surface area contributed by atoms with Gasteiger partial charge < -0.3 is 19.5 Å². The second-order valence-electron chi connectivity index (χ2n) is 7.22. The Morgan fingerprint density at radius 2 is 2.08 bits per heavy atom. The molecule has 3 rings (SSSR count). The van der Waals surface area contributed by atoms with Crippen LogP contribution in [0.3, 0.4) is 0 Å². The van der Waals surface area contributed by atoms with Gasteiger partial charge in [0, 0.05) is 6.54 Å². The Balaban J connectivity index is 1.56. The monoisotopic (exact) mass is 347 g/mol. The number of likely N-dealkylation sites (tertiary alicyclic amines) is 1. The summed E-state index contributed by atoms with van der Waals surface area (Å²) in [6, 6.07) is 6.37. The highest BCUT2D eigenvalue weighted by Crippen LogP contribution is 2.29. The molecule has 1 amide bonds. The van der Waals surface area contributed by atoms with Crippen LogP contribution in [0.1, 0.15) is 43.2 Å². The zero-order chi connectivity index (χ0) is 17.8. The second kappa shape index (κ2) is 8.19. The topological polar surface area (TPSA) is 59.0 Å². The van der Waals surface area contributed by atoms with Gasteiger partial charge >= 0.3 is 0 Å². The number of benzene rings is 1. The van der Waals surface area contributed by atoms with Gasteiger partial charge in [-0.3, -0.25) is 4.79 Å². The van der Waals surface area contributed by atoms with Crippen LogP contribution in [0.4, 0.5) is 0 Å². The van der Waals surface area contributed by atoms with E-state index < -0.39 is 6.10 Å². The first-order chi connectivity index (χ1) is 12.1. The Labute approximate surface area is 149 Å². The smallest absolute Gasteiger partial charge is 0.225 e. The van der Waals surface area contributed by atoms with E-state index in [4.69, 9.17) is 9.47 Å². The van der Waals surface area contributed by atoms with Crippen molar-refractivity contribution in [3.63, 3.8) is 0 Å². The molecule has 0 radical (unpaired) electrons. The van der Waals surface area contributed by atoms with Crippen molar-refractivity contribution in [2.24, 2.45) is 0 Å². The van der Waals surface area contributed by atoms with Gasteiger partial charge in [-0.05, 0) is 43.4 Å². The van der Waals surface area contributed by atoms with Crippen LogP contribution in [0.15, 0.2) is 18.2 Å². The van der Waals surface area contributed by atoms with Crippen LogP contribution in [0.2, 0.25) is 0 Å². The summed E-state index contributed by atoms with van der Waals surface area (Å²) < 4.78 is 11.6. The number of carbonyl (C=O) groups is 1. The summed E-state index contributed by atoms with van der Waals surface area (Å²) in [5.41, 5.74) is 2.33. The van der Waals surface area contributed by atoms with E-state index >= 15 is 0 Å². The van der Waals surface area contributed by atoms with Crippen LogP contribution in [-0.4, -0.2) is 54.4 Å². The maximum atomic E-state index is 12.1. The molecule has 1 heterocycles. The minimum Gasteiger partial charge on any atom is -0.496 e. The summed E-state index contributed by atoms with van der Waals surface area (Å²) in [7, 11) is 1.69. The van der Waals surface area contributed by atoms with Crippen molar-refractivity contribution in [1.82, 2.24) is 4.90 Å². The number of carbonyl (C=O) groups excluding carboxylic acids is 1. The number of aliphatic hydroxyl groups excluding tert-OH is 1. The number of ether oxygens (including phenoxy) is 2. The zero-order valence-electron chi connectivity index (χ0n) is 15.2. The van der Waals surface area contributed by atoms with Crippen LogP contribution in [0.5, 0.6) is 5.75 Å². The Kier molecular flexibility index (Phi) is 5.97. The third-order valence-corrected chi connectivity index (χ3v) is 5.40. The summed E-state index contributed by atoms with van der Waals surface area (Å²) in [6.45, 7) is 3.13. The largest absolute Gasteiger partial charge is 0.496 e. The molecular formula is C20H29NO4. The normalized spacial score (nSPS) is 26.9. The zero-order valence-corrected chi connectivity index (χ0v) is 15.2. The SMILES string of the molecule is COc1cc(CCO[C@@H]2CCCC[C@H]2N2C[C@H](O)CC2=O)ccc1C. The second-order valence-corrected chi connectivity index (χ2v) is 7.22. The van der Waals surface area contributed by atoms with Crippen LogP contribution in [-0.2, 0) is 16.0 Å². The molecule has 1 aliphatic heterocycles. The maximum absolute atomic E-state index is 12.1. The number of nitrogens with zero attached hydrogens (tertiary/aromatic N) is 1. The number of amides is 1. The number of aryl methyl sites for hydroxylation is 1. The fourth-order valence-corrected chi connectivity index (χ4v) is 4.01. The number of hydrogen-bond donors (Lipinski definition) is 1. The number of hydrogen-bond acceptors (Lipinski definition) is 4. The van der Waals surface area contributed by atoms with Crippen molar-refractivity contribution in [1.29, 1.82) is 0 Å². The third kappa shape index (κ3) is 4.33. The molecule has 1 saturated carbocycles. The summed E-state index contributed by atoms with van der Waals surface area (Å²) in [5.74, 6) is 0.973. The number of rotatable bonds is 6. The molecule has 3 atom stereocenters. The molecule has 25 heavy (non-hydrogen) atoms. The Bertz CT molecular complexity index is 603. The highest BCUT2D eigenvalue weighted by Gasteiger charge is 2.38. The first kappa shape index (κ1) is 18.2. The third-order valence-electron chi connectivity index (χ3n) is 5.40.